The first-order valence-electron chi connectivity index (χ1n) is 8.05. The second-order valence-corrected chi connectivity index (χ2v) is 6.16. The van der Waals surface area contributed by atoms with Gasteiger partial charge in [-0.3, -0.25) is 0 Å². The summed E-state index contributed by atoms with van der Waals surface area (Å²) in [6.45, 7) is 4.50. The maximum atomic E-state index is 10.1. The normalized spacial score (nSPS) is 19.0. The van der Waals surface area contributed by atoms with Gasteiger partial charge in [-0.25, -0.2) is 0 Å². The molecular weight excluding hydrogens is 302 g/mol. The molecule has 0 aromatic heterocycles. The van der Waals surface area contributed by atoms with Crippen LogP contribution in [0.5, 0.6) is 0 Å². The summed E-state index contributed by atoms with van der Waals surface area (Å²) in [5, 5.41) is 14.2. The van der Waals surface area contributed by atoms with Crippen LogP contribution in [0.4, 0.5) is 0 Å². The lowest BCUT2D eigenvalue weighted by Crippen LogP contribution is -2.35. The SMILES string of the molecule is CCC(NCC(O)COC1CCOCC1)c1cccc(Cl)c1. The third-order valence-corrected chi connectivity index (χ3v) is 4.19. The molecule has 5 heteroatoms. The van der Waals surface area contributed by atoms with Crippen molar-refractivity contribution >= 4 is 11.6 Å². The minimum absolute atomic E-state index is 0.191. The van der Waals surface area contributed by atoms with Crippen molar-refractivity contribution < 1.29 is 14.6 Å². The molecule has 4 nitrogen and oxygen atoms in total. The quantitative estimate of drug-likeness (QED) is 0.771. The van der Waals surface area contributed by atoms with E-state index >= 15 is 0 Å². The van der Waals surface area contributed by atoms with Gasteiger partial charge < -0.3 is 19.9 Å². The maximum Gasteiger partial charge on any atom is 0.0898 e. The van der Waals surface area contributed by atoms with Crippen molar-refractivity contribution in [2.24, 2.45) is 0 Å². The Hall–Kier alpha value is -0.650. The number of aliphatic hydroxyl groups is 1. The molecule has 1 heterocycles. The van der Waals surface area contributed by atoms with Gasteiger partial charge >= 0.3 is 0 Å². The fourth-order valence-corrected chi connectivity index (χ4v) is 2.85. The lowest BCUT2D eigenvalue weighted by atomic mass is 10.0. The van der Waals surface area contributed by atoms with Crippen molar-refractivity contribution in [1.82, 2.24) is 5.32 Å². The fraction of sp³-hybridized carbons (Fsp3) is 0.647. The zero-order chi connectivity index (χ0) is 15.8. The highest BCUT2D eigenvalue weighted by atomic mass is 35.5. The van der Waals surface area contributed by atoms with E-state index < -0.39 is 6.10 Å². The van der Waals surface area contributed by atoms with Crippen LogP contribution in [-0.4, -0.2) is 43.7 Å². The molecule has 0 amide bonds. The first-order valence-corrected chi connectivity index (χ1v) is 8.43. The zero-order valence-electron chi connectivity index (χ0n) is 13.1. The smallest absolute Gasteiger partial charge is 0.0898 e. The second-order valence-electron chi connectivity index (χ2n) is 5.72. The summed E-state index contributed by atoms with van der Waals surface area (Å²) < 4.78 is 11.0. The highest BCUT2D eigenvalue weighted by molar-refractivity contribution is 6.30. The van der Waals surface area contributed by atoms with Crippen molar-refractivity contribution in [2.45, 2.75) is 44.4 Å². The summed E-state index contributed by atoms with van der Waals surface area (Å²) in [7, 11) is 0. The van der Waals surface area contributed by atoms with Crippen LogP contribution in [0.2, 0.25) is 5.02 Å². The third-order valence-electron chi connectivity index (χ3n) is 3.95. The van der Waals surface area contributed by atoms with E-state index in [1.807, 2.05) is 18.2 Å². The number of hydrogen-bond acceptors (Lipinski definition) is 4. The Morgan fingerprint density at radius 3 is 2.86 bits per heavy atom. The number of hydrogen-bond donors (Lipinski definition) is 2. The molecule has 1 aliphatic heterocycles. The Morgan fingerprint density at radius 1 is 1.41 bits per heavy atom. The Bertz CT molecular complexity index is 438. The molecule has 0 spiro atoms. The zero-order valence-corrected chi connectivity index (χ0v) is 13.9. The van der Waals surface area contributed by atoms with Crippen LogP contribution in [0.3, 0.4) is 0 Å². The van der Waals surface area contributed by atoms with Crippen molar-refractivity contribution in [3.8, 4) is 0 Å². The Kier molecular flexibility index (Phi) is 7.63. The highest BCUT2D eigenvalue weighted by Gasteiger charge is 2.17. The van der Waals surface area contributed by atoms with Crippen LogP contribution in [-0.2, 0) is 9.47 Å². The molecule has 124 valence electrons. The Balaban J connectivity index is 1.72. The van der Waals surface area contributed by atoms with Gasteiger partial charge in [-0.1, -0.05) is 30.7 Å². The van der Waals surface area contributed by atoms with Gasteiger partial charge in [0.15, 0.2) is 0 Å². The number of benzene rings is 1. The van der Waals surface area contributed by atoms with Crippen LogP contribution < -0.4 is 5.32 Å². The number of ether oxygens (including phenoxy) is 2. The van der Waals surface area contributed by atoms with Gasteiger partial charge in [0.1, 0.15) is 0 Å². The number of aliphatic hydroxyl groups excluding tert-OH is 1. The average molecular weight is 328 g/mol. The van der Waals surface area contributed by atoms with Gasteiger partial charge in [0, 0.05) is 30.8 Å². The van der Waals surface area contributed by atoms with E-state index in [1.54, 1.807) is 0 Å². The van der Waals surface area contributed by atoms with Gasteiger partial charge in [-0.15, -0.1) is 0 Å². The molecule has 2 rings (SSSR count). The van der Waals surface area contributed by atoms with E-state index in [2.05, 4.69) is 18.3 Å². The topological polar surface area (TPSA) is 50.7 Å². The van der Waals surface area contributed by atoms with Crippen LogP contribution in [0.25, 0.3) is 0 Å². The summed E-state index contributed by atoms with van der Waals surface area (Å²) >= 11 is 6.04. The van der Waals surface area contributed by atoms with Crippen LogP contribution >= 0.6 is 11.6 Å². The molecule has 0 radical (unpaired) electrons. The van der Waals surface area contributed by atoms with Crippen LogP contribution in [0.15, 0.2) is 24.3 Å². The van der Waals surface area contributed by atoms with Gasteiger partial charge in [-0.05, 0) is 37.0 Å². The van der Waals surface area contributed by atoms with E-state index in [1.165, 1.54) is 0 Å². The highest BCUT2D eigenvalue weighted by Crippen LogP contribution is 2.20. The number of halogens is 1. The first kappa shape index (κ1) is 17.7. The molecule has 1 aromatic rings. The number of rotatable bonds is 8. The molecule has 2 unspecified atom stereocenters. The standard InChI is InChI=1S/C17H26ClNO3/c1-2-17(13-4-3-5-14(18)10-13)19-11-15(20)12-22-16-6-8-21-9-7-16/h3-5,10,15-17,19-20H,2,6-9,11-12H2,1H3. The van der Waals surface area contributed by atoms with Crippen molar-refractivity contribution in [2.75, 3.05) is 26.4 Å². The summed E-state index contributed by atoms with van der Waals surface area (Å²) in [5.41, 5.74) is 1.15. The Morgan fingerprint density at radius 2 is 2.18 bits per heavy atom. The molecule has 0 aliphatic carbocycles. The van der Waals surface area contributed by atoms with E-state index in [4.69, 9.17) is 21.1 Å². The average Bonchev–Trinajstić information content (AvgIpc) is 2.54. The molecule has 1 saturated heterocycles. The third kappa shape index (κ3) is 5.86. The molecule has 0 saturated carbocycles. The molecule has 2 N–H and O–H groups in total. The molecule has 2 atom stereocenters. The van der Waals surface area contributed by atoms with Gasteiger partial charge in [0.05, 0.1) is 18.8 Å². The first-order chi connectivity index (χ1) is 10.7. The van der Waals surface area contributed by atoms with Crippen molar-refractivity contribution in [3.05, 3.63) is 34.9 Å². The lowest BCUT2D eigenvalue weighted by Gasteiger charge is -2.25. The van der Waals surface area contributed by atoms with Crippen molar-refractivity contribution in [1.29, 1.82) is 0 Å². The molecule has 22 heavy (non-hydrogen) atoms. The van der Waals surface area contributed by atoms with Crippen molar-refractivity contribution in [3.63, 3.8) is 0 Å². The second kappa shape index (κ2) is 9.48. The predicted molar refractivity (Wildman–Crippen MR) is 88.3 cm³/mol. The minimum atomic E-state index is -0.504. The summed E-state index contributed by atoms with van der Waals surface area (Å²) in [5.74, 6) is 0. The Labute approximate surface area is 137 Å². The minimum Gasteiger partial charge on any atom is -0.389 e. The van der Waals surface area contributed by atoms with E-state index in [-0.39, 0.29) is 12.1 Å². The van der Waals surface area contributed by atoms with E-state index in [0.717, 1.165) is 43.1 Å². The van der Waals surface area contributed by atoms with Gasteiger partial charge in [-0.2, -0.15) is 0 Å². The largest absolute Gasteiger partial charge is 0.389 e. The fourth-order valence-electron chi connectivity index (χ4n) is 2.65. The number of nitrogens with one attached hydrogen (secondary N) is 1. The molecule has 0 bridgehead atoms. The molecule has 1 fully saturated rings. The lowest BCUT2D eigenvalue weighted by molar-refractivity contribution is -0.0588. The van der Waals surface area contributed by atoms with Crippen LogP contribution in [0, 0.1) is 0 Å². The van der Waals surface area contributed by atoms with E-state index in [9.17, 15) is 5.11 Å². The maximum absolute atomic E-state index is 10.1. The van der Waals surface area contributed by atoms with Crippen LogP contribution in [0.1, 0.15) is 37.8 Å². The molecular formula is C17H26ClNO3. The summed E-state index contributed by atoms with van der Waals surface area (Å²) in [4.78, 5) is 0. The summed E-state index contributed by atoms with van der Waals surface area (Å²) in [6, 6.07) is 8.03. The molecule has 1 aliphatic rings. The monoisotopic (exact) mass is 327 g/mol. The van der Waals surface area contributed by atoms with Gasteiger partial charge in [0.2, 0.25) is 0 Å². The summed E-state index contributed by atoms with van der Waals surface area (Å²) in [6.07, 6.45) is 2.49. The van der Waals surface area contributed by atoms with Gasteiger partial charge in [0.25, 0.3) is 0 Å². The predicted octanol–water partition coefficient (Wildman–Crippen LogP) is 2.94. The van der Waals surface area contributed by atoms with E-state index in [0.29, 0.717) is 13.2 Å². The molecule has 1 aromatic carbocycles.